The van der Waals surface area contributed by atoms with E-state index in [9.17, 15) is 10.1 Å². The Bertz CT molecular complexity index is 573. The van der Waals surface area contributed by atoms with Crippen LogP contribution < -0.4 is 10.6 Å². The molecule has 0 spiro atoms. The van der Waals surface area contributed by atoms with Crippen LogP contribution in [0.15, 0.2) is 29.3 Å². The van der Waals surface area contributed by atoms with E-state index in [1.54, 1.807) is 12.1 Å². The van der Waals surface area contributed by atoms with Crippen molar-refractivity contribution >= 4 is 11.6 Å². The number of morpholine rings is 1. The van der Waals surface area contributed by atoms with Crippen molar-refractivity contribution in [1.29, 1.82) is 0 Å². The third-order valence-corrected chi connectivity index (χ3v) is 3.93. The van der Waals surface area contributed by atoms with Crippen molar-refractivity contribution in [2.45, 2.75) is 19.9 Å². The zero-order valence-corrected chi connectivity index (χ0v) is 14.7. The number of guanidine groups is 1. The molecular formula is C17H27N5O3. The van der Waals surface area contributed by atoms with Crippen LogP contribution in [0.4, 0.5) is 5.69 Å². The monoisotopic (exact) mass is 349 g/mol. The molecule has 2 N–H and O–H groups in total. The molecule has 1 aliphatic heterocycles. The summed E-state index contributed by atoms with van der Waals surface area (Å²) < 4.78 is 5.34. The van der Waals surface area contributed by atoms with Gasteiger partial charge < -0.3 is 15.4 Å². The van der Waals surface area contributed by atoms with Crippen molar-refractivity contribution < 1.29 is 9.66 Å². The van der Waals surface area contributed by atoms with Gasteiger partial charge in [0.05, 0.1) is 24.7 Å². The van der Waals surface area contributed by atoms with E-state index in [2.05, 4.69) is 20.5 Å². The lowest BCUT2D eigenvalue weighted by Crippen LogP contribution is -2.40. The molecule has 0 radical (unpaired) electrons. The Kier molecular flexibility index (Phi) is 8.14. The molecule has 1 fully saturated rings. The molecule has 0 aliphatic carbocycles. The maximum atomic E-state index is 10.8. The van der Waals surface area contributed by atoms with Crippen LogP contribution >= 0.6 is 0 Å². The predicted octanol–water partition coefficient (Wildman–Crippen LogP) is 1.37. The molecule has 0 unspecified atom stereocenters. The first-order chi connectivity index (χ1) is 12.2. The SMILES string of the molecule is CCNC(=NCc1cccc([N+](=O)[O-])c1)NCCCN1CCOCC1. The average Bonchev–Trinajstić information content (AvgIpc) is 2.64. The molecule has 0 amide bonds. The number of nitrogens with one attached hydrogen (secondary N) is 2. The molecule has 1 aromatic carbocycles. The first-order valence-electron chi connectivity index (χ1n) is 8.74. The second-order valence-corrected chi connectivity index (χ2v) is 5.86. The molecule has 138 valence electrons. The molecule has 8 nitrogen and oxygen atoms in total. The summed E-state index contributed by atoms with van der Waals surface area (Å²) in [6.45, 7) is 8.70. The van der Waals surface area contributed by atoms with Crippen molar-refractivity contribution in [2.24, 2.45) is 4.99 Å². The van der Waals surface area contributed by atoms with Gasteiger partial charge in [-0.05, 0) is 25.5 Å². The van der Waals surface area contributed by atoms with Gasteiger partial charge in [-0.25, -0.2) is 4.99 Å². The molecule has 25 heavy (non-hydrogen) atoms. The highest BCUT2D eigenvalue weighted by atomic mass is 16.6. The van der Waals surface area contributed by atoms with Gasteiger partial charge in [0, 0.05) is 38.3 Å². The zero-order valence-electron chi connectivity index (χ0n) is 14.7. The smallest absolute Gasteiger partial charge is 0.269 e. The largest absolute Gasteiger partial charge is 0.379 e. The first kappa shape index (κ1) is 19.1. The molecule has 1 aliphatic rings. The fourth-order valence-corrected chi connectivity index (χ4v) is 2.61. The number of non-ortho nitro benzene ring substituents is 1. The lowest BCUT2D eigenvalue weighted by atomic mass is 10.2. The van der Waals surface area contributed by atoms with Gasteiger partial charge in [0.1, 0.15) is 0 Å². The number of hydrogen-bond acceptors (Lipinski definition) is 5. The number of hydrogen-bond donors (Lipinski definition) is 2. The van der Waals surface area contributed by atoms with Crippen LogP contribution in [-0.2, 0) is 11.3 Å². The third kappa shape index (κ3) is 7.06. The first-order valence-corrected chi connectivity index (χ1v) is 8.74. The van der Waals surface area contributed by atoms with Crippen LogP contribution in [0.25, 0.3) is 0 Å². The van der Waals surface area contributed by atoms with Gasteiger partial charge in [-0.15, -0.1) is 0 Å². The molecule has 8 heteroatoms. The van der Waals surface area contributed by atoms with Crippen molar-refractivity contribution in [3.63, 3.8) is 0 Å². The normalized spacial score (nSPS) is 15.8. The highest BCUT2D eigenvalue weighted by Crippen LogP contribution is 2.13. The van der Waals surface area contributed by atoms with Crippen LogP contribution in [0.3, 0.4) is 0 Å². The van der Waals surface area contributed by atoms with Gasteiger partial charge in [-0.2, -0.15) is 0 Å². The Hall–Kier alpha value is -2.19. The van der Waals surface area contributed by atoms with Gasteiger partial charge in [0.15, 0.2) is 5.96 Å². The average molecular weight is 349 g/mol. The van der Waals surface area contributed by atoms with Crippen LogP contribution in [0, 0.1) is 10.1 Å². The number of ether oxygens (including phenoxy) is 1. The number of benzene rings is 1. The van der Waals surface area contributed by atoms with E-state index in [1.807, 2.05) is 13.0 Å². The molecule has 0 aromatic heterocycles. The fourth-order valence-electron chi connectivity index (χ4n) is 2.61. The summed E-state index contributed by atoms with van der Waals surface area (Å²) in [5, 5.41) is 17.3. The number of aliphatic imine (C=N–C) groups is 1. The zero-order chi connectivity index (χ0) is 17.9. The topological polar surface area (TPSA) is 92.0 Å². The summed E-state index contributed by atoms with van der Waals surface area (Å²) in [5.74, 6) is 0.732. The minimum Gasteiger partial charge on any atom is -0.379 e. The molecule has 2 rings (SSSR count). The van der Waals surface area contributed by atoms with E-state index in [4.69, 9.17) is 4.74 Å². The summed E-state index contributed by atoms with van der Waals surface area (Å²) in [7, 11) is 0. The number of nitro groups is 1. The maximum Gasteiger partial charge on any atom is 0.269 e. The number of nitrogens with zero attached hydrogens (tertiary/aromatic N) is 3. The molecule has 0 atom stereocenters. The summed E-state index contributed by atoms with van der Waals surface area (Å²) >= 11 is 0. The lowest BCUT2D eigenvalue weighted by molar-refractivity contribution is -0.384. The van der Waals surface area contributed by atoms with Gasteiger partial charge in [0.2, 0.25) is 0 Å². The van der Waals surface area contributed by atoms with Gasteiger partial charge >= 0.3 is 0 Å². The fraction of sp³-hybridized carbons (Fsp3) is 0.588. The van der Waals surface area contributed by atoms with E-state index in [0.29, 0.717) is 6.54 Å². The van der Waals surface area contributed by atoms with Crippen molar-refractivity contribution in [3.05, 3.63) is 39.9 Å². The standard InChI is InChI=1S/C17H27N5O3/c1-2-18-17(19-7-4-8-21-9-11-25-12-10-21)20-14-15-5-3-6-16(13-15)22(23)24/h3,5-6,13H,2,4,7-12,14H2,1H3,(H2,18,19,20). The highest BCUT2D eigenvalue weighted by Gasteiger charge is 2.09. The van der Waals surface area contributed by atoms with E-state index in [1.165, 1.54) is 6.07 Å². The highest BCUT2D eigenvalue weighted by molar-refractivity contribution is 5.79. The Morgan fingerprint density at radius 1 is 1.36 bits per heavy atom. The molecule has 1 saturated heterocycles. The van der Waals surface area contributed by atoms with E-state index >= 15 is 0 Å². The van der Waals surface area contributed by atoms with Gasteiger partial charge in [-0.3, -0.25) is 15.0 Å². The quantitative estimate of drug-likeness (QED) is 0.242. The molecular weight excluding hydrogens is 322 g/mol. The Morgan fingerprint density at radius 2 is 2.16 bits per heavy atom. The van der Waals surface area contributed by atoms with Crippen LogP contribution in [0.1, 0.15) is 18.9 Å². The van der Waals surface area contributed by atoms with Crippen molar-refractivity contribution in [3.8, 4) is 0 Å². The lowest BCUT2D eigenvalue weighted by Gasteiger charge is -2.26. The Morgan fingerprint density at radius 3 is 2.88 bits per heavy atom. The third-order valence-electron chi connectivity index (χ3n) is 3.93. The summed E-state index contributed by atoms with van der Waals surface area (Å²) in [6, 6.07) is 6.58. The second-order valence-electron chi connectivity index (χ2n) is 5.86. The molecule has 1 heterocycles. The van der Waals surface area contributed by atoms with Gasteiger partial charge in [0.25, 0.3) is 5.69 Å². The Balaban J connectivity index is 1.79. The van der Waals surface area contributed by atoms with E-state index < -0.39 is 0 Å². The van der Waals surface area contributed by atoms with Crippen molar-refractivity contribution in [1.82, 2.24) is 15.5 Å². The van der Waals surface area contributed by atoms with E-state index in [0.717, 1.165) is 63.9 Å². The summed E-state index contributed by atoms with van der Waals surface area (Å²) in [4.78, 5) is 17.4. The predicted molar refractivity (Wildman–Crippen MR) is 97.8 cm³/mol. The molecule has 0 bridgehead atoms. The molecule has 0 saturated carbocycles. The van der Waals surface area contributed by atoms with E-state index in [-0.39, 0.29) is 10.6 Å². The molecule has 1 aromatic rings. The second kappa shape index (κ2) is 10.6. The van der Waals surface area contributed by atoms with Crippen LogP contribution in [0.2, 0.25) is 0 Å². The van der Waals surface area contributed by atoms with Gasteiger partial charge in [-0.1, -0.05) is 12.1 Å². The minimum atomic E-state index is -0.387. The summed E-state index contributed by atoms with van der Waals surface area (Å²) in [5.41, 5.74) is 0.913. The Labute approximate surface area is 148 Å². The van der Waals surface area contributed by atoms with Crippen LogP contribution in [-0.4, -0.2) is 61.7 Å². The number of rotatable bonds is 8. The van der Waals surface area contributed by atoms with Crippen LogP contribution in [0.5, 0.6) is 0 Å². The van der Waals surface area contributed by atoms with Crippen molar-refractivity contribution in [2.75, 3.05) is 45.9 Å². The minimum absolute atomic E-state index is 0.0937. The maximum absolute atomic E-state index is 10.8. The summed E-state index contributed by atoms with van der Waals surface area (Å²) in [6.07, 6.45) is 1.03. The number of nitro benzene ring substituents is 1.